The van der Waals surface area contributed by atoms with Gasteiger partial charge in [-0.15, -0.1) is 0 Å². The molecule has 0 aromatic heterocycles. The van der Waals surface area contributed by atoms with Crippen LogP contribution in [0.25, 0.3) is 0 Å². The third-order valence-corrected chi connectivity index (χ3v) is 3.65. The van der Waals surface area contributed by atoms with Crippen molar-refractivity contribution in [1.29, 1.82) is 0 Å². The molecular weight excluding hydrogens is 245 g/mol. The third kappa shape index (κ3) is 4.11. The fourth-order valence-electron chi connectivity index (χ4n) is 2.63. The van der Waals surface area contributed by atoms with Gasteiger partial charge in [-0.3, -0.25) is 9.69 Å². The van der Waals surface area contributed by atoms with Gasteiger partial charge in [-0.25, -0.2) is 4.39 Å². The molecule has 0 bridgehead atoms. The highest BCUT2D eigenvalue weighted by Crippen LogP contribution is 2.19. The maximum atomic E-state index is 13.4. The number of hydrogen-bond acceptors (Lipinski definition) is 3. The number of ketones is 1. The van der Waals surface area contributed by atoms with Crippen molar-refractivity contribution in [3.63, 3.8) is 0 Å². The molecule has 3 nitrogen and oxygen atoms in total. The largest absolute Gasteiger partial charge is 0.396 e. The van der Waals surface area contributed by atoms with Crippen LogP contribution in [0.15, 0.2) is 24.3 Å². The molecular formula is C15H20FNO2. The second-order valence-corrected chi connectivity index (χ2v) is 5.21. The molecule has 1 atom stereocenters. The minimum absolute atomic E-state index is 0.0507. The van der Waals surface area contributed by atoms with Crippen molar-refractivity contribution < 1.29 is 14.3 Å². The van der Waals surface area contributed by atoms with Crippen LogP contribution in [0, 0.1) is 11.7 Å². The number of likely N-dealkylation sites (tertiary alicyclic amines) is 1. The topological polar surface area (TPSA) is 40.5 Å². The summed E-state index contributed by atoms with van der Waals surface area (Å²) in [5.41, 5.74) is 0.471. The number of aliphatic hydroxyl groups excluding tert-OH is 1. The first-order valence-corrected chi connectivity index (χ1v) is 6.77. The van der Waals surface area contributed by atoms with Gasteiger partial charge < -0.3 is 5.11 Å². The van der Waals surface area contributed by atoms with E-state index in [1.165, 1.54) is 6.07 Å². The highest BCUT2D eigenvalue weighted by atomic mass is 19.1. The Hall–Kier alpha value is -1.26. The molecule has 4 heteroatoms. The normalized spacial score (nSPS) is 19.8. The molecule has 0 saturated carbocycles. The van der Waals surface area contributed by atoms with Crippen LogP contribution in [0.2, 0.25) is 0 Å². The molecule has 1 aromatic carbocycles. The number of nitrogens with zero attached hydrogens (tertiary/aromatic N) is 1. The van der Waals surface area contributed by atoms with Gasteiger partial charge in [0.1, 0.15) is 5.82 Å². The van der Waals surface area contributed by atoms with Crippen molar-refractivity contribution >= 4 is 5.78 Å². The van der Waals surface area contributed by atoms with Gasteiger partial charge in [0, 0.05) is 19.6 Å². The molecule has 1 saturated heterocycles. The molecule has 1 heterocycles. The van der Waals surface area contributed by atoms with Gasteiger partial charge in [-0.2, -0.15) is 0 Å². The molecule has 19 heavy (non-hydrogen) atoms. The molecule has 0 aliphatic carbocycles. The molecule has 0 spiro atoms. The molecule has 1 N–H and O–H groups in total. The summed E-state index contributed by atoms with van der Waals surface area (Å²) < 4.78 is 13.4. The number of benzene rings is 1. The van der Waals surface area contributed by atoms with E-state index in [4.69, 9.17) is 5.11 Å². The van der Waals surface area contributed by atoms with Crippen molar-refractivity contribution in [2.24, 2.45) is 5.92 Å². The number of aliphatic hydroxyl groups is 1. The minimum Gasteiger partial charge on any atom is -0.396 e. The summed E-state index contributed by atoms with van der Waals surface area (Å²) in [4.78, 5) is 14.0. The van der Waals surface area contributed by atoms with E-state index in [0.717, 1.165) is 25.9 Å². The highest BCUT2D eigenvalue weighted by molar-refractivity contribution is 5.82. The molecule has 1 aromatic rings. The van der Waals surface area contributed by atoms with Crippen LogP contribution in [0.3, 0.4) is 0 Å². The standard InChI is InChI=1S/C15H20FNO2/c16-15-4-2-1-3-13(15)9-14(19)11-17-7-5-12(10-17)6-8-18/h1-4,12,18H,5-11H2. The molecule has 1 aliphatic rings. The summed E-state index contributed by atoms with van der Waals surface area (Å²) in [7, 11) is 0. The van der Waals surface area contributed by atoms with E-state index >= 15 is 0 Å². The SMILES string of the molecule is O=C(Cc1ccccc1F)CN1CCC(CCO)C1. The number of rotatable bonds is 6. The third-order valence-electron chi connectivity index (χ3n) is 3.65. The monoisotopic (exact) mass is 265 g/mol. The van der Waals surface area contributed by atoms with Crippen LogP contribution in [-0.2, 0) is 11.2 Å². The maximum Gasteiger partial charge on any atom is 0.151 e. The van der Waals surface area contributed by atoms with Gasteiger partial charge in [-0.1, -0.05) is 18.2 Å². The molecule has 0 radical (unpaired) electrons. The van der Waals surface area contributed by atoms with Crippen molar-refractivity contribution in [2.75, 3.05) is 26.2 Å². The summed E-state index contributed by atoms with van der Waals surface area (Å²) in [5, 5.41) is 8.89. The van der Waals surface area contributed by atoms with E-state index in [-0.39, 0.29) is 24.6 Å². The lowest BCUT2D eigenvalue weighted by atomic mass is 10.1. The zero-order valence-electron chi connectivity index (χ0n) is 11.0. The van der Waals surface area contributed by atoms with E-state index in [9.17, 15) is 9.18 Å². The second-order valence-electron chi connectivity index (χ2n) is 5.21. The Morgan fingerprint density at radius 3 is 2.95 bits per heavy atom. The fourth-order valence-corrected chi connectivity index (χ4v) is 2.63. The van der Waals surface area contributed by atoms with Crippen molar-refractivity contribution in [3.05, 3.63) is 35.6 Å². The Kier molecular flexibility index (Phi) is 5.05. The highest BCUT2D eigenvalue weighted by Gasteiger charge is 2.23. The predicted molar refractivity (Wildman–Crippen MR) is 71.4 cm³/mol. The van der Waals surface area contributed by atoms with Gasteiger partial charge in [0.15, 0.2) is 5.78 Å². The number of halogens is 1. The molecule has 1 aliphatic heterocycles. The van der Waals surface area contributed by atoms with Gasteiger partial charge in [0.05, 0.1) is 6.54 Å². The average Bonchev–Trinajstić information content (AvgIpc) is 2.80. The molecule has 1 fully saturated rings. The first kappa shape index (κ1) is 14.2. The van der Waals surface area contributed by atoms with Crippen molar-refractivity contribution in [3.8, 4) is 0 Å². The van der Waals surface area contributed by atoms with Gasteiger partial charge in [-0.05, 0) is 36.9 Å². The lowest BCUT2D eigenvalue weighted by Gasteiger charge is -2.14. The van der Waals surface area contributed by atoms with Crippen LogP contribution in [-0.4, -0.2) is 42.0 Å². The van der Waals surface area contributed by atoms with Gasteiger partial charge >= 0.3 is 0 Å². The van der Waals surface area contributed by atoms with Crippen LogP contribution < -0.4 is 0 Å². The predicted octanol–water partition coefficient (Wildman–Crippen LogP) is 1.64. The van der Waals surface area contributed by atoms with Crippen molar-refractivity contribution in [1.82, 2.24) is 4.90 Å². The van der Waals surface area contributed by atoms with Crippen LogP contribution >= 0.6 is 0 Å². The Morgan fingerprint density at radius 1 is 1.42 bits per heavy atom. The number of carbonyl (C=O) groups excluding carboxylic acids is 1. The first-order valence-electron chi connectivity index (χ1n) is 6.77. The number of hydrogen-bond donors (Lipinski definition) is 1. The quantitative estimate of drug-likeness (QED) is 0.850. The lowest BCUT2D eigenvalue weighted by Crippen LogP contribution is -2.29. The Labute approximate surface area is 113 Å². The molecule has 104 valence electrons. The minimum atomic E-state index is -0.310. The Morgan fingerprint density at radius 2 is 2.21 bits per heavy atom. The lowest BCUT2D eigenvalue weighted by molar-refractivity contribution is -0.119. The van der Waals surface area contributed by atoms with Crippen LogP contribution in [0.5, 0.6) is 0 Å². The number of carbonyl (C=O) groups is 1. The Bertz CT molecular complexity index is 436. The number of Topliss-reactive ketones (excluding diaryl/α,β-unsaturated/α-hetero) is 1. The van der Waals surface area contributed by atoms with Gasteiger partial charge in [0.2, 0.25) is 0 Å². The summed E-state index contributed by atoms with van der Waals surface area (Å²) in [5.74, 6) is 0.233. The van der Waals surface area contributed by atoms with Crippen LogP contribution in [0.1, 0.15) is 18.4 Å². The zero-order chi connectivity index (χ0) is 13.7. The summed E-state index contributed by atoms with van der Waals surface area (Å²) >= 11 is 0. The molecule has 2 rings (SSSR count). The van der Waals surface area contributed by atoms with E-state index in [1.54, 1.807) is 18.2 Å². The zero-order valence-corrected chi connectivity index (χ0v) is 11.0. The van der Waals surface area contributed by atoms with E-state index in [0.29, 0.717) is 18.0 Å². The van der Waals surface area contributed by atoms with Crippen LogP contribution in [0.4, 0.5) is 4.39 Å². The average molecular weight is 265 g/mol. The van der Waals surface area contributed by atoms with Gasteiger partial charge in [0.25, 0.3) is 0 Å². The smallest absolute Gasteiger partial charge is 0.151 e. The Balaban J connectivity index is 1.81. The van der Waals surface area contributed by atoms with E-state index in [1.807, 2.05) is 0 Å². The maximum absolute atomic E-state index is 13.4. The first-order chi connectivity index (χ1) is 9.19. The second kappa shape index (κ2) is 6.78. The summed E-state index contributed by atoms with van der Waals surface area (Å²) in [6, 6.07) is 6.42. The fraction of sp³-hybridized carbons (Fsp3) is 0.533. The summed E-state index contributed by atoms with van der Waals surface area (Å²) in [6.45, 7) is 2.36. The summed E-state index contributed by atoms with van der Waals surface area (Å²) in [6.07, 6.45) is 2.00. The molecule has 0 amide bonds. The molecule has 1 unspecified atom stereocenters. The van der Waals surface area contributed by atoms with Crippen molar-refractivity contribution in [2.45, 2.75) is 19.3 Å². The van der Waals surface area contributed by atoms with E-state index < -0.39 is 0 Å². The van der Waals surface area contributed by atoms with E-state index in [2.05, 4.69) is 4.90 Å².